The summed E-state index contributed by atoms with van der Waals surface area (Å²) in [5.41, 5.74) is 4.90. The molecule has 5 rings (SSSR count). The van der Waals surface area contributed by atoms with E-state index in [4.69, 9.17) is 16.6 Å². The summed E-state index contributed by atoms with van der Waals surface area (Å²) in [6, 6.07) is 25.2. The Hall–Kier alpha value is -3.02. The third-order valence-electron chi connectivity index (χ3n) is 7.38. The first kappa shape index (κ1) is 25.6. The molecular formula is C31H32ClN3OS. The van der Waals surface area contributed by atoms with Gasteiger partial charge in [-0.1, -0.05) is 54.1 Å². The molecule has 1 saturated heterocycles. The zero-order valence-corrected chi connectivity index (χ0v) is 23.3. The van der Waals surface area contributed by atoms with E-state index in [0.717, 1.165) is 47.2 Å². The van der Waals surface area contributed by atoms with Crippen LogP contribution in [0.2, 0.25) is 5.02 Å². The van der Waals surface area contributed by atoms with E-state index < -0.39 is 5.41 Å². The van der Waals surface area contributed by atoms with E-state index in [1.807, 2.05) is 23.1 Å². The Morgan fingerprint density at radius 3 is 2.49 bits per heavy atom. The molecule has 0 aliphatic carbocycles. The fourth-order valence-corrected chi connectivity index (χ4v) is 6.18. The minimum atomic E-state index is -0.457. The number of halogens is 1. The van der Waals surface area contributed by atoms with Crippen molar-refractivity contribution >= 4 is 29.3 Å². The van der Waals surface area contributed by atoms with Crippen molar-refractivity contribution in [2.75, 3.05) is 12.8 Å². The maximum atomic E-state index is 12.3. The van der Waals surface area contributed by atoms with Gasteiger partial charge >= 0.3 is 0 Å². The third-order valence-corrected chi connectivity index (χ3v) is 8.43. The molecule has 6 heteroatoms. The molecule has 37 heavy (non-hydrogen) atoms. The summed E-state index contributed by atoms with van der Waals surface area (Å²) in [7, 11) is 0. The number of hydrogen-bond donors (Lipinski definition) is 0. The fourth-order valence-electron chi connectivity index (χ4n) is 5.35. The second-order valence-corrected chi connectivity index (χ2v) is 11.4. The average Bonchev–Trinajstić information content (AvgIpc) is 3.57. The van der Waals surface area contributed by atoms with Crippen LogP contribution in [-0.2, 0) is 10.2 Å². The molecule has 1 fully saturated rings. The van der Waals surface area contributed by atoms with E-state index in [1.165, 1.54) is 16.0 Å². The van der Waals surface area contributed by atoms with Crippen LogP contribution in [0, 0.1) is 0 Å². The van der Waals surface area contributed by atoms with Gasteiger partial charge in [0.15, 0.2) is 0 Å². The number of hydrogen-bond acceptors (Lipinski definition) is 3. The van der Waals surface area contributed by atoms with E-state index in [1.54, 1.807) is 18.7 Å². The summed E-state index contributed by atoms with van der Waals surface area (Å²) in [5, 5.41) is 0.721. The molecule has 0 spiro atoms. The molecule has 0 N–H and O–H groups in total. The molecule has 1 atom stereocenters. The van der Waals surface area contributed by atoms with Crippen molar-refractivity contribution in [1.29, 1.82) is 0 Å². The normalized spacial score (nSPS) is 15.8. The fraction of sp³-hybridized carbons (Fsp3) is 0.290. The summed E-state index contributed by atoms with van der Waals surface area (Å²) in [5.74, 6) is 1.00. The Morgan fingerprint density at radius 1 is 1.03 bits per heavy atom. The Morgan fingerprint density at radius 2 is 1.78 bits per heavy atom. The first-order chi connectivity index (χ1) is 17.8. The van der Waals surface area contributed by atoms with E-state index in [9.17, 15) is 4.79 Å². The lowest BCUT2D eigenvalue weighted by Gasteiger charge is -2.27. The zero-order valence-electron chi connectivity index (χ0n) is 21.7. The van der Waals surface area contributed by atoms with Gasteiger partial charge < -0.3 is 9.47 Å². The molecule has 4 nitrogen and oxygen atoms in total. The van der Waals surface area contributed by atoms with Gasteiger partial charge in [-0.05, 0) is 80.0 Å². The summed E-state index contributed by atoms with van der Waals surface area (Å²) >= 11 is 8.42. The number of aromatic nitrogens is 2. The summed E-state index contributed by atoms with van der Waals surface area (Å²) in [6.45, 7) is 6.75. The van der Waals surface area contributed by atoms with Crippen LogP contribution in [0.3, 0.4) is 0 Å². The van der Waals surface area contributed by atoms with Crippen LogP contribution in [-0.4, -0.2) is 33.2 Å². The highest BCUT2D eigenvalue weighted by Gasteiger charge is 2.35. The Bertz CT molecular complexity index is 1430. The van der Waals surface area contributed by atoms with Gasteiger partial charge in [-0.15, -0.1) is 11.8 Å². The molecule has 1 aromatic heterocycles. The SMILES string of the molecule is CSc1cccc(-c2ccc(-n3cc(C4CCCN4C(C)=O)nc3C(C)(C)c3ccccc3Cl)cc2)c1. The number of amides is 1. The summed E-state index contributed by atoms with van der Waals surface area (Å²) < 4.78 is 2.18. The maximum Gasteiger partial charge on any atom is 0.220 e. The molecule has 0 bridgehead atoms. The number of thioether (sulfide) groups is 1. The highest BCUT2D eigenvalue weighted by atomic mass is 35.5. The van der Waals surface area contributed by atoms with Gasteiger partial charge in [-0.2, -0.15) is 0 Å². The van der Waals surface area contributed by atoms with Crippen molar-refractivity contribution in [1.82, 2.24) is 14.5 Å². The summed E-state index contributed by atoms with van der Waals surface area (Å²) in [6.07, 6.45) is 6.12. The van der Waals surface area contributed by atoms with Gasteiger partial charge in [0.2, 0.25) is 5.91 Å². The quantitative estimate of drug-likeness (QED) is 0.238. The first-order valence-corrected chi connectivity index (χ1v) is 14.3. The molecule has 2 heterocycles. The van der Waals surface area contributed by atoms with Gasteiger partial charge in [-0.25, -0.2) is 4.98 Å². The van der Waals surface area contributed by atoms with Crippen LogP contribution < -0.4 is 0 Å². The lowest BCUT2D eigenvalue weighted by Crippen LogP contribution is -2.28. The number of rotatable bonds is 6. The maximum absolute atomic E-state index is 12.3. The van der Waals surface area contributed by atoms with Crippen molar-refractivity contribution in [3.63, 3.8) is 0 Å². The predicted octanol–water partition coefficient (Wildman–Crippen LogP) is 7.92. The number of carbonyl (C=O) groups excluding carboxylic acids is 1. The number of imidazole rings is 1. The monoisotopic (exact) mass is 529 g/mol. The van der Waals surface area contributed by atoms with E-state index in [-0.39, 0.29) is 11.9 Å². The topological polar surface area (TPSA) is 38.1 Å². The molecule has 1 unspecified atom stereocenters. The number of likely N-dealkylation sites (tertiary alicyclic amines) is 1. The van der Waals surface area contributed by atoms with Crippen molar-refractivity contribution in [3.05, 3.63) is 101 Å². The van der Waals surface area contributed by atoms with Crippen LogP contribution in [0.5, 0.6) is 0 Å². The van der Waals surface area contributed by atoms with Gasteiger partial charge in [0.1, 0.15) is 5.82 Å². The van der Waals surface area contributed by atoms with Crippen LogP contribution in [0.25, 0.3) is 16.8 Å². The molecule has 1 amide bonds. The van der Waals surface area contributed by atoms with Crippen LogP contribution in [0.1, 0.15) is 56.7 Å². The van der Waals surface area contributed by atoms with Gasteiger partial charge in [0, 0.05) is 40.7 Å². The van der Waals surface area contributed by atoms with Crippen LogP contribution in [0.4, 0.5) is 0 Å². The molecule has 190 valence electrons. The van der Waals surface area contributed by atoms with Crippen molar-refractivity contribution in [3.8, 4) is 16.8 Å². The number of benzene rings is 3. The highest BCUT2D eigenvalue weighted by Crippen LogP contribution is 2.39. The van der Waals surface area contributed by atoms with E-state index >= 15 is 0 Å². The van der Waals surface area contributed by atoms with Crippen LogP contribution >= 0.6 is 23.4 Å². The average molecular weight is 530 g/mol. The third kappa shape index (κ3) is 4.95. The highest BCUT2D eigenvalue weighted by molar-refractivity contribution is 7.98. The molecule has 0 radical (unpaired) electrons. The van der Waals surface area contributed by atoms with Crippen molar-refractivity contribution in [2.45, 2.75) is 50.0 Å². The predicted molar refractivity (Wildman–Crippen MR) is 154 cm³/mol. The lowest BCUT2D eigenvalue weighted by molar-refractivity contribution is -0.129. The molecular weight excluding hydrogens is 498 g/mol. The molecule has 0 saturated carbocycles. The second kappa shape index (κ2) is 10.4. The number of carbonyl (C=O) groups is 1. The van der Waals surface area contributed by atoms with Gasteiger partial charge in [0.25, 0.3) is 0 Å². The summed E-state index contributed by atoms with van der Waals surface area (Å²) in [4.78, 5) is 20.7. The smallest absolute Gasteiger partial charge is 0.220 e. The standard InChI is InChI=1S/C31H32ClN3OS/c1-21(36)34-18-8-13-29(34)28-20-35(30(33-28)31(2,3)26-11-5-6-12-27(26)32)24-16-14-22(15-17-24)23-9-7-10-25(19-23)37-4/h5-7,9-12,14-17,19-20,29H,8,13,18H2,1-4H3. The lowest BCUT2D eigenvalue weighted by atomic mass is 9.83. The van der Waals surface area contributed by atoms with E-state index in [2.05, 4.69) is 85.5 Å². The minimum absolute atomic E-state index is 0.00639. The number of nitrogens with zero attached hydrogens (tertiary/aromatic N) is 3. The molecule has 1 aliphatic heterocycles. The first-order valence-electron chi connectivity index (χ1n) is 12.7. The van der Waals surface area contributed by atoms with Crippen molar-refractivity contribution < 1.29 is 4.79 Å². The Labute approximate surface area is 228 Å². The minimum Gasteiger partial charge on any atom is -0.334 e. The van der Waals surface area contributed by atoms with Crippen molar-refractivity contribution in [2.24, 2.45) is 0 Å². The second-order valence-electron chi connectivity index (χ2n) is 10.1. The van der Waals surface area contributed by atoms with E-state index in [0.29, 0.717) is 0 Å². The van der Waals surface area contributed by atoms with Crippen LogP contribution in [0.15, 0.2) is 83.9 Å². The zero-order chi connectivity index (χ0) is 26.2. The Kier molecular flexibility index (Phi) is 7.19. The molecule has 4 aromatic rings. The van der Waals surface area contributed by atoms with Gasteiger partial charge in [0.05, 0.1) is 11.7 Å². The van der Waals surface area contributed by atoms with Gasteiger partial charge in [-0.3, -0.25) is 4.79 Å². The molecule has 1 aliphatic rings. The molecule has 3 aromatic carbocycles. The Balaban J connectivity index is 1.61. The largest absolute Gasteiger partial charge is 0.334 e.